The van der Waals surface area contributed by atoms with Gasteiger partial charge in [0, 0.05) is 11.3 Å². The minimum absolute atomic E-state index is 0.340. The standard InChI is InChI=1S/C12H16N2O/c1-7(2)10-9-5-6-15-12(9)11(8(3)4)14-13-10/h5-8H,1-4H3. The van der Waals surface area contributed by atoms with Crippen molar-refractivity contribution in [2.75, 3.05) is 0 Å². The molecule has 0 aromatic carbocycles. The Kier molecular flexibility index (Phi) is 2.47. The average molecular weight is 204 g/mol. The van der Waals surface area contributed by atoms with Crippen LogP contribution in [-0.2, 0) is 0 Å². The zero-order valence-corrected chi connectivity index (χ0v) is 9.61. The predicted molar refractivity (Wildman–Crippen MR) is 60.0 cm³/mol. The molecule has 0 atom stereocenters. The van der Waals surface area contributed by atoms with E-state index in [1.165, 1.54) is 0 Å². The van der Waals surface area contributed by atoms with E-state index in [0.717, 1.165) is 22.4 Å². The van der Waals surface area contributed by atoms with Crippen LogP contribution in [0.3, 0.4) is 0 Å². The first-order valence-electron chi connectivity index (χ1n) is 5.35. The van der Waals surface area contributed by atoms with Crippen LogP contribution in [-0.4, -0.2) is 10.2 Å². The second-order valence-corrected chi connectivity index (χ2v) is 4.44. The molecule has 0 fully saturated rings. The third kappa shape index (κ3) is 1.62. The van der Waals surface area contributed by atoms with E-state index in [0.29, 0.717) is 11.8 Å². The van der Waals surface area contributed by atoms with Crippen LogP contribution in [0.15, 0.2) is 16.7 Å². The lowest BCUT2D eigenvalue weighted by Gasteiger charge is -2.08. The van der Waals surface area contributed by atoms with Crippen molar-refractivity contribution in [3.05, 3.63) is 23.7 Å². The number of fused-ring (bicyclic) bond motifs is 1. The first-order valence-corrected chi connectivity index (χ1v) is 5.35. The lowest BCUT2D eigenvalue weighted by molar-refractivity contribution is 0.597. The fraction of sp³-hybridized carbons (Fsp3) is 0.500. The summed E-state index contributed by atoms with van der Waals surface area (Å²) >= 11 is 0. The summed E-state index contributed by atoms with van der Waals surface area (Å²) in [6, 6.07) is 1.98. The Morgan fingerprint density at radius 3 is 2.20 bits per heavy atom. The van der Waals surface area contributed by atoms with E-state index in [1.807, 2.05) is 6.07 Å². The Morgan fingerprint density at radius 1 is 1.00 bits per heavy atom. The smallest absolute Gasteiger partial charge is 0.159 e. The van der Waals surface area contributed by atoms with E-state index < -0.39 is 0 Å². The molecular weight excluding hydrogens is 188 g/mol. The highest BCUT2D eigenvalue weighted by molar-refractivity contribution is 5.81. The lowest BCUT2D eigenvalue weighted by atomic mass is 10.0. The van der Waals surface area contributed by atoms with Crippen LogP contribution in [0.2, 0.25) is 0 Å². The van der Waals surface area contributed by atoms with Crippen LogP contribution in [0.5, 0.6) is 0 Å². The molecule has 3 heteroatoms. The second-order valence-electron chi connectivity index (χ2n) is 4.44. The summed E-state index contributed by atoms with van der Waals surface area (Å²) < 4.78 is 5.50. The SMILES string of the molecule is CC(C)c1nnc(C(C)C)c2occc12. The molecule has 0 unspecified atom stereocenters. The Labute approximate surface area is 89.5 Å². The highest BCUT2D eigenvalue weighted by atomic mass is 16.3. The summed E-state index contributed by atoms with van der Waals surface area (Å²) in [5.74, 6) is 0.714. The zero-order chi connectivity index (χ0) is 11.0. The molecule has 0 saturated heterocycles. The number of hydrogen-bond acceptors (Lipinski definition) is 3. The molecule has 80 valence electrons. The number of nitrogens with zero attached hydrogens (tertiary/aromatic N) is 2. The molecule has 2 rings (SSSR count). The van der Waals surface area contributed by atoms with Gasteiger partial charge in [0.1, 0.15) is 5.69 Å². The Balaban J connectivity index is 2.71. The summed E-state index contributed by atoms with van der Waals surface area (Å²) in [7, 11) is 0. The van der Waals surface area contributed by atoms with E-state index in [4.69, 9.17) is 4.42 Å². The average Bonchev–Trinajstić information content (AvgIpc) is 2.63. The summed E-state index contributed by atoms with van der Waals surface area (Å²) in [5.41, 5.74) is 2.85. The van der Waals surface area contributed by atoms with E-state index in [1.54, 1.807) is 6.26 Å². The van der Waals surface area contributed by atoms with Gasteiger partial charge in [-0.1, -0.05) is 27.7 Å². The molecule has 2 heterocycles. The third-order valence-electron chi connectivity index (χ3n) is 2.53. The Hall–Kier alpha value is -1.38. The predicted octanol–water partition coefficient (Wildman–Crippen LogP) is 3.47. The maximum Gasteiger partial charge on any atom is 0.159 e. The molecule has 0 aliphatic rings. The van der Waals surface area contributed by atoms with Gasteiger partial charge in [0.15, 0.2) is 5.58 Å². The fourth-order valence-corrected chi connectivity index (χ4v) is 1.72. The van der Waals surface area contributed by atoms with Gasteiger partial charge in [0.25, 0.3) is 0 Å². The van der Waals surface area contributed by atoms with Crippen LogP contribution >= 0.6 is 0 Å². The maximum absolute atomic E-state index is 5.50. The van der Waals surface area contributed by atoms with Crippen LogP contribution < -0.4 is 0 Å². The topological polar surface area (TPSA) is 38.9 Å². The van der Waals surface area contributed by atoms with Crippen LogP contribution in [0.25, 0.3) is 11.0 Å². The lowest BCUT2D eigenvalue weighted by Crippen LogP contribution is -2.01. The Morgan fingerprint density at radius 2 is 1.60 bits per heavy atom. The molecule has 0 aliphatic heterocycles. The quantitative estimate of drug-likeness (QED) is 0.751. The molecule has 0 spiro atoms. The van der Waals surface area contributed by atoms with Gasteiger partial charge < -0.3 is 4.42 Å². The van der Waals surface area contributed by atoms with Crippen molar-refractivity contribution >= 4 is 11.0 Å². The molecule has 0 N–H and O–H groups in total. The van der Waals surface area contributed by atoms with Crippen molar-refractivity contribution in [2.24, 2.45) is 0 Å². The highest BCUT2D eigenvalue weighted by Crippen LogP contribution is 2.28. The summed E-state index contributed by atoms with van der Waals surface area (Å²) in [4.78, 5) is 0. The van der Waals surface area contributed by atoms with Crippen molar-refractivity contribution in [3.63, 3.8) is 0 Å². The van der Waals surface area contributed by atoms with Gasteiger partial charge in [-0.05, 0) is 12.0 Å². The molecular formula is C12H16N2O. The minimum atomic E-state index is 0.340. The van der Waals surface area contributed by atoms with Crippen molar-refractivity contribution in [2.45, 2.75) is 39.5 Å². The zero-order valence-electron chi connectivity index (χ0n) is 9.61. The van der Waals surface area contributed by atoms with Gasteiger partial charge in [-0.25, -0.2) is 0 Å². The van der Waals surface area contributed by atoms with Crippen LogP contribution in [0, 0.1) is 0 Å². The normalized spacial score (nSPS) is 11.9. The Bertz CT molecular complexity index is 429. The number of hydrogen-bond donors (Lipinski definition) is 0. The fourth-order valence-electron chi connectivity index (χ4n) is 1.72. The van der Waals surface area contributed by atoms with E-state index in [2.05, 4.69) is 37.9 Å². The van der Waals surface area contributed by atoms with Gasteiger partial charge in [0.05, 0.1) is 12.0 Å². The van der Waals surface area contributed by atoms with Crippen molar-refractivity contribution in [1.29, 1.82) is 0 Å². The van der Waals surface area contributed by atoms with Gasteiger partial charge in [-0.3, -0.25) is 0 Å². The molecule has 0 amide bonds. The van der Waals surface area contributed by atoms with Gasteiger partial charge >= 0.3 is 0 Å². The maximum atomic E-state index is 5.50. The molecule has 0 saturated carbocycles. The molecule has 3 nitrogen and oxygen atoms in total. The molecule has 15 heavy (non-hydrogen) atoms. The third-order valence-corrected chi connectivity index (χ3v) is 2.53. The number of aromatic nitrogens is 2. The van der Waals surface area contributed by atoms with Crippen molar-refractivity contribution in [1.82, 2.24) is 10.2 Å². The number of rotatable bonds is 2. The van der Waals surface area contributed by atoms with E-state index in [-0.39, 0.29) is 0 Å². The van der Waals surface area contributed by atoms with Crippen LogP contribution in [0.1, 0.15) is 50.9 Å². The van der Waals surface area contributed by atoms with Crippen molar-refractivity contribution in [3.8, 4) is 0 Å². The monoisotopic (exact) mass is 204 g/mol. The van der Waals surface area contributed by atoms with E-state index >= 15 is 0 Å². The van der Waals surface area contributed by atoms with Gasteiger partial charge in [-0.2, -0.15) is 10.2 Å². The first kappa shape index (κ1) is 10.1. The summed E-state index contributed by atoms with van der Waals surface area (Å²) in [6.45, 7) is 8.43. The van der Waals surface area contributed by atoms with Crippen molar-refractivity contribution < 1.29 is 4.42 Å². The van der Waals surface area contributed by atoms with Crippen LogP contribution in [0.4, 0.5) is 0 Å². The molecule has 0 aliphatic carbocycles. The van der Waals surface area contributed by atoms with Gasteiger partial charge in [0.2, 0.25) is 0 Å². The largest absolute Gasteiger partial charge is 0.462 e. The molecule has 0 bridgehead atoms. The minimum Gasteiger partial charge on any atom is -0.462 e. The highest BCUT2D eigenvalue weighted by Gasteiger charge is 2.16. The molecule has 2 aromatic rings. The summed E-state index contributed by atoms with van der Waals surface area (Å²) in [6.07, 6.45) is 1.71. The molecule has 2 aromatic heterocycles. The second kappa shape index (κ2) is 3.65. The molecule has 0 radical (unpaired) electrons. The van der Waals surface area contributed by atoms with E-state index in [9.17, 15) is 0 Å². The first-order chi connectivity index (χ1) is 7.11. The number of furan rings is 1. The van der Waals surface area contributed by atoms with Gasteiger partial charge in [-0.15, -0.1) is 0 Å². The summed E-state index contributed by atoms with van der Waals surface area (Å²) in [5, 5.41) is 9.65.